The van der Waals surface area contributed by atoms with E-state index in [1.54, 1.807) is 0 Å². The number of carbonyl (C=O) groups is 2. The van der Waals surface area contributed by atoms with Gasteiger partial charge >= 0.3 is 11.9 Å². The van der Waals surface area contributed by atoms with Gasteiger partial charge in [-0.3, -0.25) is 0 Å². The van der Waals surface area contributed by atoms with Crippen LogP contribution >= 0.6 is 0 Å². The van der Waals surface area contributed by atoms with Gasteiger partial charge in [-0.2, -0.15) is 0 Å². The normalized spacial score (nSPS) is 10.1. The Balaban J connectivity index is 1.92. The zero-order valence-corrected chi connectivity index (χ0v) is 12.3. The summed E-state index contributed by atoms with van der Waals surface area (Å²) in [5.41, 5.74) is 2.11. The number of carboxylic acid groups (broad SMARTS) is 1. The van der Waals surface area contributed by atoms with E-state index in [1.807, 2.05) is 32.0 Å². The summed E-state index contributed by atoms with van der Waals surface area (Å²) >= 11 is 0. The van der Waals surface area contributed by atoms with Crippen molar-refractivity contribution in [1.82, 2.24) is 0 Å². The molecular weight excluding hydrogens is 284 g/mol. The molecule has 2 rings (SSSR count). The molecule has 0 heterocycles. The number of ether oxygens (including phenoxy) is 2. The highest BCUT2D eigenvalue weighted by Gasteiger charge is 2.09. The highest BCUT2D eigenvalue weighted by molar-refractivity contribution is 5.87. The number of benzene rings is 2. The summed E-state index contributed by atoms with van der Waals surface area (Å²) in [7, 11) is 0. The molecule has 0 aliphatic heterocycles. The van der Waals surface area contributed by atoms with Crippen LogP contribution in [0, 0.1) is 13.8 Å². The van der Waals surface area contributed by atoms with Crippen LogP contribution in [-0.4, -0.2) is 23.7 Å². The Morgan fingerprint density at radius 1 is 1.05 bits per heavy atom. The second kappa shape index (κ2) is 6.76. The quantitative estimate of drug-likeness (QED) is 0.679. The minimum atomic E-state index is -1.03. The number of rotatable bonds is 5. The summed E-state index contributed by atoms with van der Waals surface area (Å²) in [6.45, 7) is 3.62. The van der Waals surface area contributed by atoms with Crippen LogP contribution in [-0.2, 0) is 4.79 Å². The molecule has 2 aromatic rings. The average Bonchev–Trinajstić information content (AvgIpc) is 2.49. The lowest BCUT2D eigenvalue weighted by molar-refractivity contribution is -0.136. The minimum absolute atomic E-state index is 0.131. The maximum atomic E-state index is 11.7. The number of carbonyl (C=O) groups excluding carboxylic acids is 1. The predicted octanol–water partition coefficient (Wildman–Crippen LogP) is 2.99. The van der Waals surface area contributed by atoms with E-state index in [2.05, 4.69) is 0 Å². The van der Waals surface area contributed by atoms with E-state index in [0.717, 1.165) is 11.1 Å². The van der Waals surface area contributed by atoms with E-state index in [0.29, 0.717) is 5.75 Å². The standard InChI is InChI=1S/C17H16O5/c1-11-3-4-12(2)15(9-11)21-10-16(18)22-14-7-5-13(6-8-14)17(19)20/h3-9H,10H2,1-2H3,(H,19,20). The van der Waals surface area contributed by atoms with Gasteiger partial charge in [-0.1, -0.05) is 12.1 Å². The predicted molar refractivity (Wildman–Crippen MR) is 80.4 cm³/mol. The molecule has 0 saturated heterocycles. The molecule has 0 aromatic heterocycles. The number of esters is 1. The van der Waals surface area contributed by atoms with Crippen LogP contribution < -0.4 is 9.47 Å². The molecule has 0 radical (unpaired) electrons. The van der Waals surface area contributed by atoms with Crippen LogP contribution in [0.3, 0.4) is 0 Å². The third-order valence-electron chi connectivity index (χ3n) is 3.02. The van der Waals surface area contributed by atoms with Crippen molar-refractivity contribution in [1.29, 1.82) is 0 Å². The molecule has 0 atom stereocenters. The molecule has 0 fully saturated rings. The van der Waals surface area contributed by atoms with Gasteiger partial charge in [0.15, 0.2) is 6.61 Å². The van der Waals surface area contributed by atoms with Crippen molar-refractivity contribution in [2.24, 2.45) is 0 Å². The summed E-state index contributed by atoms with van der Waals surface area (Å²) in [5.74, 6) is -0.669. The molecule has 0 spiro atoms. The largest absolute Gasteiger partial charge is 0.482 e. The number of aromatic carboxylic acids is 1. The molecule has 0 saturated carbocycles. The van der Waals surface area contributed by atoms with Crippen molar-refractivity contribution in [2.75, 3.05) is 6.61 Å². The summed E-state index contributed by atoms with van der Waals surface area (Å²) in [4.78, 5) is 22.5. The third-order valence-corrected chi connectivity index (χ3v) is 3.02. The number of aryl methyl sites for hydroxylation is 2. The summed E-state index contributed by atoms with van der Waals surface area (Å²) in [5, 5.41) is 8.79. The van der Waals surface area contributed by atoms with E-state index < -0.39 is 11.9 Å². The van der Waals surface area contributed by atoms with Gasteiger partial charge in [0.05, 0.1) is 5.56 Å². The number of hydrogen-bond acceptors (Lipinski definition) is 4. The van der Waals surface area contributed by atoms with E-state index >= 15 is 0 Å². The molecule has 2 aromatic carbocycles. The van der Waals surface area contributed by atoms with Gasteiger partial charge in [0.2, 0.25) is 0 Å². The Labute approximate surface area is 128 Å². The Morgan fingerprint density at radius 3 is 2.36 bits per heavy atom. The lowest BCUT2D eigenvalue weighted by Gasteiger charge is -2.09. The van der Waals surface area contributed by atoms with Crippen LogP contribution in [0.25, 0.3) is 0 Å². The SMILES string of the molecule is Cc1ccc(C)c(OCC(=O)Oc2ccc(C(=O)O)cc2)c1. The molecule has 1 N–H and O–H groups in total. The first-order valence-corrected chi connectivity index (χ1v) is 6.70. The van der Waals surface area contributed by atoms with Crippen LogP contribution in [0.5, 0.6) is 11.5 Å². The van der Waals surface area contributed by atoms with Crippen LogP contribution in [0.4, 0.5) is 0 Å². The van der Waals surface area contributed by atoms with E-state index in [-0.39, 0.29) is 17.9 Å². The van der Waals surface area contributed by atoms with Gasteiger partial charge < -0.3 is 14.6 Å². The molecule has 5 nitrogen and oxygen atoms in total. The fraction of sp³-hybridized carbons (Fsp3) is 0.176. The van der Waals surface area contributed by atoms with Gasteiger partial charge in [-0.25, -0.2) is 9.59 Å². The molecule has 22 heavy (non-hydrogen) atoms. The Hall–Kier alpha value is -2.82. The van der Waals surface area contributed by atoms with Crippen LogP contribution in [0.15, 0.2) is 42.5 Å². The second-order valence-corrected chi connectivity index (χ2v) is 4.86. The molecule has 114 valence electrons. The van der Waals surface area contributed by atoms with E-state index in [9.17, 15) is 9.59 Å². The molecule has 0 aliphatic carbocycles. The highest BCUT2D eigenvalue weighted by atomic mass is 16.6. The van der Waals surface area contributed by atoms with E-state index in [4.69, 9.17) is 14.6 Å². The Morgan fingerprint density at radius 2 is 1.73 bits per heavy atom. The Bertz CT molecular complexity index is 689. The van der Waals surface area contributed by atoms with Crippen molar-refractivity contribution in [3.8, 4) is 11.5 Å². The lowest BCUT2D eigenvalue weighted by Crippen LogP contribution is -2.18. The molecule has 0 aliphatic rings. The van der Waals surface area contributed by atoms with Gasteiger partial charge in [0.1, 0.15) is 11.5 Å². The van der Waals surface area contributed by atoms with Crippen molar-refractivity contribution in [2.45, 2.75) is 13.8 Å². The Kier molecular flexibility index (Phi) is 4.78. The zero-order chi connectivity index (χ0) is 16.1. The number of carboxylic acids is 1. The fourth-order valence-corrected chi connectivity index (χ4v) is 1.83. The van der Waals surface area contributed by atoms with Crippen LogP contribution in [0.1, 0.15) is 21.5 Å². The first kappa shape index (κ1) is 15.6. The molecule has 0 bridgehead atoms. The first-order chi connectivity index (χ1) is 10.5. The highest BCUT2D eigenvalue weighted by Crippen LogP contribution is 2.19. The van der Waals surface area contributed by atoms with Gasteiger partial charge in [-0.15, -0.1) is 0 Å². The summed E-state index contributed by atoms with van der Waals surface area (Å²) in [6, 6.07) is 11.3. The van der Waals surface area contributed by atoms with Crippen molar-refractivity contribution in [3.05, 3.63) is 59.2 Å². The van der Waals surface area contributed by atoms with Gasteiger partial charge in [0.25, 0.3) is 0 Å². The van der Waals surface area contributed by atoms with Crippen molar-refractivity contribution >= 4 is 11.9 Å². The first-order valence-electron chi connectivity index (χ1n) is 6.70. The zero-order valence-electron chi connectivity index (χ0n) is 12.3. The maximum Gasteiger partial charge on any atom is 0.349 e. The second-order valence-electron chi connectivity index (χ2n) is 4.86. The summed E-state index contributed by atoms with van der Waals surface area (Å²) < 4.78 is 10.5. The molecule has 0 amide bonds. The smallest absolute Gasteiger partial charge is 0.349 e. The summed E-state index contributed by atoms with van der Waals surface area (Å²) in [6.07, 6.45) is 0. The number of hydrogen-bond donors (Lipinski definition) is 1. The minimum Gasteiger partial charge on any atom is -0.482 e. The fourth-order valence-electron chi connectivity index (χ4n) is 1.83. The molecular formula is C17H16O5. The van der Waals surface area contributed by atoms with E-state index in [1.165, 1.54) is 24.3 Å². The van der Waals surface area contributed by atoms with Gasteiger partial charge in [-0.05, 0) is 55.3 Å². The average molecular weight is 300 g/mol. The van der Waals surface area contributed by atoms with Crippen molar-refractivity contribution in [3.63, 3.8) is 0 Å². The maximum absolute atomic E-state index is 11.7. The topological polar surface area (TPSA) is 72.8 Å². The third kappa shape index (κ3) is 4.09. The van der Waals surface area contributed by atoms with Crippen LogP contribution in [0.2, 0.25) is 0 Å². The van der Waals surface area contributed by atoms with Gasteiger partial charge in [0, 0.05) is 0 Å². The monoisotopic (exact) mass is 300 g/mol. The van der Waals surface area contributed by atoms with Crippen molar-refractivity contribution < 1.29 is 24.2 Å². The lowest BCUT2D eigenvalue weighted by atomic mass is 10.1. The molecule has 0 unspecified atom stereocenters. The molecule has 5 heteroatoms.